The van der Waals surface area contributed by atoms with E-state index in [1.165, 1.54) is 5.56 Å². The predicted octanol–water partition coefficient (Wildman–Crippen LogP) is 5.91. The number of benzene rings is 1. The summed E-state index contributed by atoms with van der Waals surface area (Å²) in [4.78, 5) is 1.16. The highest BCUT2D eigenvalue weighted by Gasteiger charge is 2.15. The van der Waals surface area contributed by atoms with Crippen molar-refractivity contribution in [3.8, 4) is 0 Å². The van der Waals surface area contributed by atoms with Gasteiger partial charge in [0.1, 0.15) is 0 Å². The van der Waals surface area contributed by atoms with Crippen LogP contribution in [0.1, 0.15) is 21.4 Å². The van der Waals surface area contributed by atoms with Gasteiger partial charge in [0.05, 0.1) is 9.16 Å². The van der Waals surface area contributed by atoms with E-state index in [0.29, 0.717) is 0 Å². The second-order valence-corrected chi connectivity index (χ2v) is 7.24. The van der Waals surface area contributed by atoms with Gasteiger partial charge in [-0.1, -0.05) is 28.1 Å². The molecule has 1 aromatic heterocycles. The number of halogens is 3. The normalized spacial score (nSPS) is 12.8. The van der Waals surface area contributed by atoms with Crippen LogP contribution >= 0.6 is 54.8 Å². The molecule has 2 rings (SSSR count). The van der Waals surface area contributed by atoms with E-state index in [4.69, 9.17) is 11.6 Å². The third-order valence-electron chi connectivity index (χ3n) is 2.43. The van der Waals surface area contributed by atoms with Crippen LogP contribution in [0.25, 0.3) is 0 Å². The van der Waals surface area contributed by atoms with Gasteiger partial charge in [-0.15, -0.1) is 22.9 Å². The van der Waals surface area contributed by atoms with E-state index in [2.05, 4.69) is 50.9 Å². The molecular weight excluding hydrogens is 371 g/mol. The van der Waals surface area contributed by atoms with Crippen molar-refractivity contribution in [3.05, 3.63) is 54.6 Å². The van der Waals surface area contributed by atoms with E-state index in [1.54, 1.807) is 11.3 Å². The lowest BCUT2D eigenvalue weighted by molar-refractivity contribution is 1.14. The quantitative estimate of drug-likeness (QED) is 0.568. The summed E-state index contributed by atoms with van der Waals surface area (Å²) in [5, 5.41) is -0.0752. The molecule has 0 saturated heterocycles. The average molecular weight is 381 g/mol. The summed E-state index contributed by atoms with van der Waals surface area (Å²) in [5.41, 5.74) is 2.36. The van der Waals surface area contributed by atoms with E-state index >= 15 is 0 Å². The van der Waals surface area contributed by atoms with Gasteiger partial charge < -0.3 is 0 Å². The molecule has 1 unspecified atom stereocenters. The van der Waals surface area contributed by atoms with E-state index in [0.717, 1.165) is 18.7 Å². The Hall–Kier alpha value is 0.170. The standard InChI is InChI=1S/C12H9Br2ClS/c1-7-8(3-2-4-9(7)13)12(15)10-5-6-11(14)16-10/h2-6,12H,1H3. The Morgan fingerprint density at radius 1 is 1.19 bits per heavy atom. The molecule has 0 aliphatic carbocycles. The average Bonchev–Trinajstić information content (AvgIpc) is 2.68. The van der Waals surface area contributed by atoms with Crippen LogP contribution in [0.3, 0.4) is 0 Å². The zero-order valence-corrected chi connectivity index (χ0v) is 13.3. The van der Waals surface area contributed by atoms with Crippen molar-refractivity contribution in [3.63, 3.8) is 0 Å². The van der Waals surface area contributed by atoms with Gasteiger partial charge in [-0.25, -0.2) is 0 Å². The second-order valence-electron chi connectivity index (χ2n) is 3.46. The van der Waals surface area contributed by atoms with Gasteiger partial charge in [-0.2, -0.15) is 0 Å². The fourth-order valence-electron chi connectivity index (χ4n) is 1.52. The fraction of sp³-hybridized carbons (Fsp3) is 0.167. The van der Waals surface area contributed by atoms with Crippen LogP contribution in [0, 0.1) is 6.92 Å². The van der Waals surface area contributed by atoms with Crippen molar-refractivity contribution in [2.24, 2.45) is 0 Å². The summed E-state index contributed by atoms with van der Waals surface area (Å²) in [6, 6.07) is 10.2. The van der Waals surface area contributed by atoms with Crippen LogP contribution in [-0.4, -0.2) is 0 Å². The highest BCUT2D eigenvalue weighted by Crippen LogP contribution is 2.38. The highest BCUT2D eigenvalue weighted by molar-refractivity contribution is 9.11. The zero-order valence-electron chi connectivity index (χ0n) is 8.51. The van der Waals surface area contributed by atoms with Crippen molar-refractivity contribution >= 4 is 54.8 Å². The Kier molecular flexibility index (Phi) is 4.11. The molecule has 0 nitrogen and oxygen atoms in total. The Morgan fingerprint density at radius 2 is 1.94 bits per heavy atom. The van der Waals surface area contributed by atoms with Crippen LogP contribution in [0.2, 0.25) is 0 Å². The summed E-state index contributed by atoms with van der Waals surface area (Å²) >= 11 is 15.1. The monoisotopic (exact) mass is 378 g/mol. The minimum atomic E-state index is -0.0752. The van der Waals surface area contributed by atoms with E-state index in [-0.39, 0.29) is 5.38 Å². The molecule has 1 heterocycles. The molecule has 1 aromatic carbocycles. The minimum absolute atomic E-state index is 0.0752. The molecule has 0 saturated carbocycles. The molecule has 0 spiro atoms. The number of thiophene rings is 1. The van der Waals surface area contributed by atoms with Crippen molar-refractivity contribution in [2.45, 2.75) is 12.3 Å². The van der Waals surface area contributed by atoms with Crippen LogP contribution in [0.5, 0.6) is 0 Å². The largest absolute Gasteiger partial charge is 0.131 e. The SMILES string of the molecule is Cc1c(Br)cccc1C(Cl)c1ccc(Br)s1. The zero-order chi connectivity index (χ0) is 11.7. The van der Waals surface area contributed by atoms with Crippen molar-refractivity contribution in [1.82, 2.24) is 0 Å². The number of rotatable bonds is 2. The Balaban J connectivity index is 2.41. The lowest BCUT2D eigenvalue weighted by Gasteiger charge is -2.12. The number of hydrogen-bond acceptors (Lipinski definition) is 1. The van der Waals surface area contributed by atoms with E-state index in [1.807, 2.05) is 18.2 Å². The molecule has 0 radical (unpaired) electrons. The summed E-state index contributed by atoms with van der Waals surface area (Å²) in [6.45, 7) is 2.08. The van der Waals surface area contributed by atoms with E-state index < -0.39 is 0 Å². The van der Waals surface area contributed by atoms with Crippen molar-refractivity contribution < 1.29 is 0 Å². The summed E-state index contributed by atoms with van der Waals surface area (Å²) in [7, 11) is 0. The topological polar surface area (TPSA) is 0 Å². The lowest BCUT2D eigenvalue weighted by atomic mass is 10.0. The first kappa shape index (κ1) is 12.6. The molecule has 0 N–H and O–H groups in total. The summed E-state index contributed by atoms with van der Waals surface area (Å²) in [5.74, 6) is 0. The highest BCUT2D eigenvalue weighted by atomic mass is 79.9. The number of hydrogen-bond donors (Lipinski definition) is 0. The van der Waals surface area contributed by atoms with Crippen molar-refractivity contribution in [1.29, 1.82) is 0 Å². The van der Waals surface area contributed by atoms with Gasteiger partial charge in [0.25, 0.3) is 0 Å². The van der Waals surface area contributed by atoms with Crippen LogP contribution in [0.15, 0.2) is 38.6 Å². The van der Waals surface area contributed by atoms with Crippen molar-refractivity contribution in [2.75, 3.05) is 0 Å². The molecule has 16 heavy (non-hydrogen) atoms. The molecule has 0 bridgehead atoms. The first-order valence-corrected chi connectivity index (χ1v) is 7.58. The maximum Gasteiger partial charge on any atom is 0.0931 e. The maximum atomic E-state index is 6.49. The first-order chi connectivity index (χ1) is 7.59. The Morgan fingerprint density at radius 3 is 2.56 bits per heavy atom. The second kappa shape index (κ2) is 5.21. The Bertz CT molecular complexity index is 507. The molecule has 1 atom stereocenters. The van der Waals surface area contributed by atoms with E-state index in [9.17, 15) is 0 Å². The fourth-order valence-corrected chi connectivity index (χ4v) is 3.76. The van der Waals surface area contributed by atoms with Gasteiger partial charge in [0.2, 0.25) is 0 Å². The van der Waals surface area contributed by atoms with Gasteiger partial charge in [0.15, 0.2) is 0 Å². The maximum absolute atomic E-state index is 6.49. The first-order valence-electron chi connectivity index (χ1n) is 4.74. The van der Waals surface area contributed by atoms with Crippen LogP contribution in [-0.2, 0) is 0 Å². The predicted molar refractivity (Wildman–Crippen MR) is 78.6 cm³/mol. The molecule has 4 heteroatoms. The molecule has 0 aliphatic rings. The van der Waals surface area contributed by atoms with Gasteiger partial charge in [-0.05, 0) is 52.2 Å². The Labute approximate surface area is 121 Å². The smallest absolute Gasteiger partial charge is 0.0931 e. The third-order valence-corrected chi connectivity index (χ3v) is 5.57. The molecule has 0 amide bonds. The number of alkyl halides is 1. The molecule has 0 aliphatic heterocycles. The summed E-state index contributed by atoms with van der Waals surface area (Å²) < 4.78 is 2.21. The van der Waals surface area contributed by atoms with Gasteiger partial charge >= 0.3 is 0 Å². The van der Waals surface area contributed by atoms with Gasteiger partial charge in [0, 0.05) is 9.35 Å². The van der Waals surface area contributed by atoms with Crippen LogP contribution < -0.4 is 0 Å². The van der Waals surface area contributed by atoms with Gasteiger partial charge in [-0.3, -0.25) is 0 Å². The molecule has 0 fully saturated rings. The molecule has 2 aromatic rings. The minimum Gasteiger partial charge on any atom is -0.131 e. The lowest BCUT2D eigenvalue weighted by Crippen LogP contribution is -1.94. The third kappa shape index (κ3) is 2.53. The van der Waals surface area contributed by atoms with Crippen LogP contribution in [0.4, 0.5) is 0 Å². The summed E-state index contributed by atoms with van der Waals surface area (Å²) in [6.07, 6.45) is 0. The molecular formula is C12H9Br2ClS. The molecule has 84 valence electrons.